The third-order valence-corrected chi connectivity index (χ3v) is 7.06. The minimum absolute atomic E-state index is 0. The molecule has 0 heterocycles. The number of carbonyl (C=O) groups is 4. The van der Waals surface area contributed by atoms with Crippen molar-refractivity contribution < 1.29 is 33.8 Å². The van der Waals surface area contributed by atoms with Crippen LogP contribution in [-0.2, 0) is 32.3 Å². The molecule has 2 aromatic rings. The Morgan fingerprint density at radius 1 is 0.771 bits per heavy atom. The Morgan fingerprint density at radius 2 is 1.35 bits per heavy atom. The summed E-state index contributed by atoms with van der Waals surface area (Å²) in [6.45, 7) is 1.90. The second kappa shape index (κ2) is 24.7. The maximum Gasteiger partial charge on any atom is 0.410 e. The van der Waals surface area contributed by atoms with E-state index in [-0.39, 0.29) is 44.5 Å². The number of nitrogens with two attached hydrogens (primary N) is 3. The van der Waals surface area contributed by atoms with Crippen molar-refractivity contribution >= 4 is 42.2 Å². The Kier molecular flexibility index (Phi) is 21.4. The van der Waals surface area contributed by atoms with E-state index < -0.39 is 36.0 Å². The number of carbonyl (C=O) groups excluding carboxylic acids is 4. The second-order valence-electron chi connectivity index (χ2n) is 10.9. The van der Waals surface area contributed by atoms with Gasteiger partial charge in [-0.05, 0) is 43.2 Å². The number of ether oxygens (including phenoxy) is 2. The van der Waals surface area contributed by atoms with Crippen molar-refractivity contribution in [2.45, 2.75) is 70.3 Å². The van der Waals surface area contributed by atoms with Gasteiger partial charge in [0.1, 0.15) is 13.2 Å². The summed E-state index contributed by atoms with van der Waals surface area (Å²) in [6, 6.07) is 17.3. The van der Waals surface area contributed by atoms with Gasteiger partial charge >= 0.3 is 12.2 Å². The van der Waals surface area contributed by atoms with Crippen LogP contribution in [0.2, 0.25) is 0 Å². The topological polar surface area (TPSA) is 225 Å². The number of rotatable bonds is 22. The van der Waals surface area contributed by atoms with E-state index >= 15 is 0 Å². The Bertz CT molecular complexity index is 1250. The first kappa shape index (κ1) is 41.6. The van der Waals surface area contributed by atoms with Gasteiger partial charge in [-0.25, -0.2) is 9.59 Å². The van der Waals surface area contributed by atoms with E-state index in [0.717, 1.165) is 11.1 Å². The van der Waals surface area contributed by atoms with Crippen LogP contribution in [0.1, 0.15) is 56.1 Å². The molecule has 9 N–H and O–H groups in total. The zero-order valence-corrected chi connectivity index (χ0v) is 28.1. The van der Waals surface area contributed by atoms with E-state index in [9.17, 15) is 24.3 Å². The predicted octanol–water partition coefficient (Wildman–Crippen LogP) is 2.35. The molecule has 15 heteroatoms. The number of alkyl carbamates (subject to hydrolysis) is 1. The van der Waals surface area contributed by atoms with Crippen LogP contribution in [0, 0.1) is 0 Å². The quantitative estimate of drug-likeness (QED) is 0.0600. The minimum atomic E-state index is -1.67. The van der Waals surface area contributed by atoms with Crippen LogP contribution in [-0.4, -0.2) is 84.7 Å². The molecular weight excluding hydrogens is 642 g/mol. The molecule has 0 aliphatic carbocycles. The molecule has 0 aliphatic rings. The lowest BCUT2D eigenvalue weighted by atomic mass is 10.0. The average Bonchev–Trinajstić information content (AvgIpc) is 3.08. The normalized spacial score (nSPS) is 11.6. The van der Waals surface area contributed by atoms with Crippen molar-refractivity contribution in [3.05, 3.63) is 71.8 Å². The maximum atomic E-state index is 12.9. The molecule has 0 saturated carbocycles. The summed E-state index contributed by atoms with van der Waals surface area (Å²) in [4.78, 5) is 55.1. The molecule has 0 fully saturated rings. The summed E-state index contributed by atoms with van der Waals surface area (Å²) in [5.41, 5.74) is 18.1. The van der Waals surface area contributed by atoms with E-state index in [1.165, 1.54) is 0 Å². The number of hydrogen-bond acceptors (Lipinski definition) is 9. The van der Waals surface area contributed by atoms with Crippen molar-refractivity contribution in [2.24, 2.45) is 22.2 Å². The lowest BCUT2D eigenvalue weighted by Crippen LogP contribution is -2.50. The molecule has 0 saturated heterocycles. The molecule has 48 heavy (non-hydrogen) atoms. The SMILES string of the molecule is Cl.NC(N)=NCCCCCC(=O)C(N)C(O)C(=O)NCCCCN(CCCNC(=O)OCc1ccccc1)C(=O)OCc1ccccc1. The van der Waals surface area contributed by atoms with E-state index in [4.69, 9.17) is 26.7 Å². The van der Waals surface area contributed by atoms with Gasteiger partial charge in [-0.1, -0.05) is 67.1 Å². The van der Waals surface area contributed by atoms with Gasteiger partial charge in [0, 0.05) is 39.1 Å². The molecule has 2 rings (SSSR count). The molecular formula is C33H50ClN7O7. The highest BCUT2D eigenvalue weighted by atomic mass is 35.5. The number of benzene rings is 2. The number of guanidine groups is 1. The van der Waals surface area contributed by atoms with Crippen LogP contribution in [0.25, 0.3) is 0 Å². The number of aliphatic hydroxyl groups is 1. The highest BCUT2D eigenvalue weighted by molar-refractivity contribution is 5.92. The molecule has 0 radical (unpaired) electrons. The molecule has 0 spiro atoms. The molecule has 0 aliphatic heterocycles. The van der Waals surface area contributed by atoms with Crippen LogP contribution in [0.15, 0.2) is 65.7 Å². The second-order valence-corrected chi connectivity index (χ2v) is 10.9. The molecule has 2 atom stereocenters. The Morgan fingerprint density at radius 3 is 1.98 bits per heavy atom. The van der Waals surface area contributed by atoms with Gasteiger partial charge in [0.05, 0.1) is 6.04 Å². The van der Waals surface area contributed by atoms with Gasteiger partial charge < -0.3 is 47.3 Å². The van der Waals surface area contributed by atoms with Crippen LogP contribution in [0.5, 0.6) is 0 Å². The number of amides is 3. The smallest absolute Gasteiger partial charge is 0.410 e. The Hall–Kier alpha value is -4.40. The van der Waals surface area contributed by atoms with Gasteiger partial charge in [0.25, 0.3) is 5.91 Å². The van der Waals surface area contributed by atoms with Gasteiger partial charge in [-0.3, -0.25) is 14.6 Å². The van der Waals surface area contributed by atoms with Crippen molar-refractivity contribution in [1.29, 1.82) is 0 Å². The average molecular weight is 692 g/mol. The molecule has 2 unspecified atom stereocenters. The monoisotopic (exact) mass is 691 g/mol. The molecule has 3 amide bonds. The number of nitrogens with one attached hydrogen (secondary N) is 2. The predicted molar refractivity (Wildman–Crippen MR) is 185 cm³/mol. The van der Waals surface area contributed by atoms with Gasteiger partial charge in [-0.15, -0.1) is 12.4 Å². The number of hydrogen-bond donors (Lipinski definition) is 6. The van der Waals surface area contributed by atoms with Gasteiger partial charge in [0.2, 0.25) is 0 Å². The first-order chi connectivity index (χ1) is 22.7. The van der Waals surface area contributed by atoms with Crippen molar-refractivity contribution in [2.75, 3.05) is 32.7 Å². The van der Waals surface area contributed by atoms with Crippen molar-refractivity contribution in [3.8, 4) is 0 Å². The summed E-state index contributed by atoms with van der Waals surface area (Å²) < 4.78 is 10.7. The van der Waals surface area contributed by atoms with Gasteiger partial charge in [-0.2, -0.15) is 0 Å². The maximum absolute atomic E-state index is 12.9. The van der Waals surface area contributed by atoms with E-state index in [2.05, 4.69) is 15.6 Å². The van der Waals surface area contributed by atoms with Crippen molar-refractivity contribution in [1.82, 2.24) is 15.5 Å². The Labute approximate surface area is 288 Å². The summed E-state index contributed by atoms with van der Waals surface area (Å²) in [7, 11) is 0. The van der Waals surface area contributed by atoms with Gasteiger partial charge in [0.15, 0.2) is 17.8 Å². The summed E-state index contributed by atoms with van der Waals surface area (Å²) >= 11 is 0. The largest absolute Gasteiger partial charge is 0.445 e. The zero-order valence-electron chi connectivity index (χ0n) is 27.3. The van der Waals surface area contributed by atoms with Crippen molar-refractivity contribution in [3.63, 3.8) is 0 Å². The standard InChI is InChI=1S/C33H49N7O7.ClH/c34-28(27(41)17-8-3-9-19-38-31(35)36)29(42)30(43)37-18-10-11-21-40(33(45)47-24-26-15-6-2-7-16-26)22-12-20-39-32(44)46-23-25-13-4-1-5-14-25;/h1-2,4-7,13-16,28-29,42H,3,8-12,17-24,34H2,(H,37,43)(H,39,44)(H4,35,36,38);1H. The fraction of sp³-hybridized carbons (Fsp3) is 0.485. The fourth-order valence-corrected chi connectivity index (χ4v) is 4.39. The number of aliphatic hydroxyl groups excluding tert-OH is 1. The van der Waals surface area contributed by atoms with Crippen LogP contribution in [0.3, 0.4) is 0 Å². The molecule has 0 aromatic heterocycles. The minimum Gasteiger partial charge on any atom is -0.445 e. The molecule has 2 aromatic carbocycles. The summed E-state index contributed by atoms with van der Waals surface area (Å²) in [6.07, 6.45) is 0.836. The summed E-state index contributed by atoms with van der Waals surface area (Å²) in [5.74, 6) is -1.12. The number of nitrogens with zero attached hydrogens (tertiary/aromatic N) is 2. The summed E-state index contributed by atoms with van der Waals surface area (Å²) in [5, 5.41) is 15.5. The number of halogens is 1. The fourth-order valence-electron chi connectivity index (χ4n) is 4.39. The van der Waals surface area contributed by atoms with Crippen LogP contribution in [0.4, 0.5) is 9.59 Å². The lowest BCUT2D eigenvalue weighted by Gasteiger charge is -2.22. The Balaban J connectivity index is 0.0000115. The third-order valence-electron chi connectivity index (χ3n) is 7.06. The number of ketones is 1. The first-order valence-corrected chi connectivity index (χ1v) is 15.9. The number of Topliss-reactive ketones (excluding diaryl/α,β-unsaturated/α-hetero) is 1. The highest BCUT2D eigenvalue weighted by Gasteiger charge is 2.28. The first-order valence-electron chi connectivity index (χ1n) is 15.9. The van der Waals surface area contributed by atoms with Crippen LogP contribution >= 0.6 is 12.4 Å². The van der Waals surface area contributed by atoms with Crippen LogP contribution < -0.4 is 27.8 Å². The lowest BCUT2D eigenvalue weighted by molar-refractivity contribution is -0.135. The van der Waals surface area contributed by atoms with E-state index in [1.54, 1.807) is 4.90 Å². The van der Waals surface area contributed by atoms with E-state index in [1.807, 2.05) is 60.7 Å². The number of aliphatic imine (C=N–C) groups is 1. The zero-order chi connectivity index (χ0) is 34.3. The van der Waals surface area contributed by atoms with E-state index in [0.29, 0.717) is 64.7 Å². The molecule has 14 nitrogen and oxygen atoms in total. The highest BCUT2D eigenvalue weighted by Crippen LogP contribution is 2.07. The number of unbranched alkanes of at least 4 members (excludes halogenated alkanes) is 3. The molecule has 0 bridgehead atoms. The molecule has 266 valence electrons. The third kappa shape index (κ3) is 18.1.